The second-order valence-corrected chi connectivity index (χ2v) is 10.0. The summed E-state index contributed by atoms with van der Waals surface area (Å²) in [6.45, 7) is 4.55. The third kappa shape index (κ3) is 7.76. The van der Waals surface area contributed by atoms with E-state index in [0.717, 1.165) is 5.56 Å². The SMILES string of the molecule is CCNC(=O)[C@H](Cc1ccccc1)N(Cc1c(Cl)cccc1Cl)C(=O)CSCc1ccccc1C. The van der Waals surface area contributed by atoms with Crippen LogP contribution in [0.15, 0.2) is 72.8 Å². The van der Waals surface area contributed by atoms with Gasteiger partial charge in [0.1, 0.15) is 6.04 Å². The number of hydrogen-bond acceptors (Lipinski definition) is 3. The molecule has 184 valence electrons. The van der Waals surface area contributed by atoms with Crippen molar-refractivity contribution in [2.24, 2.45) is 0 Å². The summed E-state index contributed by atoms with van der Waals surface area (Å²) in [5.74, 6) is 0.619. The van der Waals surface area contributed by atoms with E-state index in [1.807, 2.05) is 49.4 Å². The summed E-state index contributed by atoms with van der Waals surface area (Å²) in [4.78, 5) is 28.5. The van der Waals surface area contributed by atoms with Gasteiger partial charge in [0.05, 0.1) is 5.75 Å². The number of nitrogens with zero attached hydrogens (tertiary/aromatic N) is 1. The molecule has 0 unspecified atom stereocenters. The minimum absolute atomic E-state index is 0.133. The summed E-state index contributed by atoms with van der Waals surface area (Å²) in [5, 5.41) is 3.84. The monoisotopic (exact) mass is 528 g/mol. The molecule has 3 aromatic rings. The van der Waals surface area contributed by atoms with Gasteiger partial charge in [-0.15, -0.1) is 11.8 Å². The van der Waals surface area contributed by atoms with E-state index in [0.29, 0.717) is 34.3 Å². The van der Waals surface area contributed by atoms with Crippen LogP contribution in [0.1, 0.15) is 29.2 Å². The Labute approximate surface area is 222 Å². The van der Waals surface area contributed by atoms with E-state index >= 15 is 0 Å². The number of carbonyl (C=O) groups excluding carboxylic acids is 2. The maximum Gasteiger partial charge on any atom is 0.243 e. The van der Waals surface area contributed by atoms with Gasteiger partial charge in [-0.05, 0) is 42.7 Å². The van der Waals surface area contributed by atoms with Gasteiger partial charge in [-0.1, -0.05) is 83.9 Å². The Bertz CT molecular complexity index is 1120. The van der Waals surface area contributed by atoms with Crippen LogP contribution in [0, 0.1) is 6.92 Å². The van der Waals surface area contributed by atoms with Crippen molar-refractivity contribution in [3.05, 3.63) is 105 Å². The lowest BCUT2D eigenvalue weighted by Crippen LogP contribution is -2.51. The Kier molecular flexibility index (Phi) is 10.5. The molecule has 0 saturated carbocycles. The summed E-state index contributed by atoms with van der Waals surface area (Å²) < 4.78 is 0. The number of thioether (sulfide) groups is 1. The number of benzene rings is 3. The smallest absolute Gasteiger partial charge is 0.243 e. The minimum atomic E-state index is -0.698. The zero-order chi connectivity index (χ0) is 25.2. The molecule has 0 aliphatic carbocycles. The molecule has 0 bridgehead atoms. The van der Waals surface area contributed by atoms with Crippen molar-refractivity contribution in [1.82, 2.24) is 10.2 Å². The molecule has 2 amide bonds. The van der Waals surface area contributed by atoms with Crippen LogP contribution in [-0.4, -0.2) is 35.1 Å². The fourth-order valence-electron chi connectivity index (χ4n) is 3.80. The van der Waals surface area contributed by atoms with Crippen LogP contribution in [0.3, 0.4) is 0 Å². The minimum Gasteiger partial charge on any atom is -0.355 e. The molecule has 0 aliphatic heterocycles. The van der Waals surface area contributed by atoms with Gasteiger partial charge in [0, 0.05) is 40.9 Å². The van der Waals surface area contributed by atoms with Crippen LogP contribution in [0.25, 0.3) is 0 Å². The van der Waals surface area contributed by atoms with E-state index in [2.05, 4.69) is 24.4 Å². The van der Waals surface area contributed by atoms with Gasteiger partial charge in [0.25, 0.3) is 0 Å². The second-order valence-electron chi connectivity index (χ2n) is 8.24. The average Bonchev–Trinajstić information content (AvgIpc) is 2.85. The Morgan fingerprint density at radius 2 is 1.60 bits per heavy atom. The predicted octanol–water partition coefficient (Wildman–Crippen LogP) is 6.31. The number of rotatable bonds is 11. The third-order valence-corrected chi connectivity index (χ3v) is 7.43. The fraction of sp³-hybridized carbons (Fsp3) is 0.286. The van der Waals surface area contributed by atoms with Gasteiger partial charge in [0.2, 0.25) is 11.8 Å². The summed E-state index contributed by atoms with van der Waals surface area (Å²) in [6, 6.07) is 22.4. The molecule has 4 nitrogen and oxygen atoms in total. The summed E-state index contributed by atoms with van der Waals surface area (Å²) in [7, 11) is 0. The number of halogens is 2. The van der Waals surface area contributed by atoms with E-state index in [4.69, 9.17) is 23.2 Å². The van der Waals surface area contributed by atoms with Crippen LogP contribution < -0.4 is 5.32 Å². The van der Waals surface area contributed by atoms with Crippen molar-refractivity contribution in [2.45, 2.75) is 38.6 Å². The maximum atomic E-state index is 13.6. The topological polar surface area (TPSA) is 49.4 Å². The molecular formula is C28H30Cl2N2O2S. The second kappa shape index (κ2) is 13.6. The van der Waals surface area contributed by atoms with E-state index in [1.54, 1.807) is 23.1 Å². The first-order valence-electron chi connectivity index (χ1n) is 11.6. The molecule has 0 heterocycles. The molecule has 0 fully saturated rings. The highest BCUT2D eigenvalue weighted by Crippen LogP contribution is 2.28. The lowest BCUT2D eigenvalue weighted by Gasteiger charge is -2.32. The van der Waals surface area contributed by atoms with Crippen LogP contribution in [0.5, 0.6) is 0 Å². The number of aryl methyl sites for hydroxylation is 1. The van der Waals surface area contributed by atoms with Crippen LogP contribution in [-0.2, 0) is 28.3 Å². The van der Waals surface area contributed by atoms with Crippen LogP contribution in [0.4, 0.5) is 0 Å². The van der Waals surface area contributed by atoms with Gasteiger partial charge in [-0.25, -0.2) is 0 Å². The highest BCUT2D eigenvalue weighted by atomic mass is 35.5. The van der Waals surface area contributed by atoms with Crippen molar-refractivity contribution in [1.29, 1.82) is 0 Å². The van der Waals surface area contributed by atoms with E-state index < -0.39 is 6.04 Å². The number of amides is 2. The first-order chi connectivity index (χ1) is 16.9. The Balaban J connectivity index is 1.88. The highest BCUT2D eigenvalue weighted by molar-refractivity contribution is 7.99. The van der Waals surface area contributed by atoms with E-state index in [-0.39, 0.29) is 24.1 Å². The number of carbonyl (C=O) groups is 2. The molecule has 0 saturated heterocycles. The zero-order valence-electron chi connectivity index (χ0n) is 20.0. The van der Waals surface area contributed by atoms with Crippen molar-refractivity contribution in [3.63, 3.8) is 0 Å². The van der Waals surface area contributed by atoms with Gasteiger partial charge in [0.15, 0.2) is 0 Å². The highest BCUT2D eigenvalue weighted by Gasteiger charge is 2.31. The average molecular weight is 530 g/mol. The molecular weight excluding hydrogens is 499 g/mol. The molecule has 7 heteroatoms. The number of hydrogen-bond donors (Lipinski definition) is 1. The normalized spacial score (nSPS) is 11.7. The largest absolute Gasteiger partial charge is 0.355 e. The number of likely N-dealkylation sites (N-methyl/N-ethyl adjacent to an activating group) is 1. The lowest BCUT2D eigenvalue weighted by molar-refractivity contribution is -0.139. The first kappa shape index (κ1) is 27.1. The zero-order valence-corrected chi connectivity index (χ0v) is 22.3. The molecule has 1 atom stereocenters. The Hall–Kier alpha value is -2.47. The van der Waals surface area contributed by atoms with Crippen LogP contribution >= 0.6 is 35.0 Å². The van der Waals surface area contributed by atoms with Crippen molar-refractivity contribution >= 4 is 46.8 Å². The van der Waals surface area contributed by atoms with Gasteiger partial charge in [-0.2, -0.15) is 0 Å². The third-order valence-electron chi connectivity index (χ3n) is 5.76. The maximum absolute atomic E-state index is 13.6. The molecule has 1 N–H and O–H groups in total. The molecule has 3 aromatic carbocycles. The molecule has 3 rings (SSSR count). The molecule has 0 aromatic heterocycles. The summed E-state index contributed by atoms with van der Waals surface area (Å²) in [6.07, 6.45) is 0.392. The molecule has 0 aliphatic rings. The standard InChI is InChI=1S/C28H30Cl2N2O2S/c1-3-31-28(34)26(16-21-11-5-4-6-12-21)32(17-23-24(29)14-9-15-25(23)30)27(33)19-35-18-22-13-8-7-10-20(22)2/h4-15,26H,3,16-19H2,1-2H3,(H,31,34)/t26-/m0/s1. The van der Waals surface area contributed by atoms with Crippen molar-refractivity contribution in [3.8, 4) is 0 Å². The van der Waals surface area contributed by atoms with E-state index in [1.165, 1.54) is 22.9 Å². The van der Waals surface area contributed by atoms with Crippen molar-refractivity contribution in [2.75, 3.05) is 12.3 Å². The van der Waals surface area contributed by atoms with Gasteiger partial charge < -0.3 is 10.2 Å². The Morgan fingerprint density at radius 3 is 2.26 bits per heavy atom. The van der Waals surface area contributed by atoms with Gasteiger partial charge in [-0.3, -0.25) is 9.59 Å². The van der Waals surface area contributed by atoms with Gasteiger partial charge >= 0.3 is 0 Å². The molecule has 0 radical (unpaired) electrons. The molecule has 35 heavy (non-hydrogen) atoms. The fourth-order valence-corrected chi connectivity index (χ4v) is 5.31. The number of nitrogens with one attached hydrogen (secondary N) is 1. The lowest BCUT2D eigenvalue weighted by atomic mass is 10.0. The Morgan fingerprint density at radius 1 is 0.943 bits per heavy atom. The van der Waals surface area contributed by atoms with Crippen molar-refractivity contribution < 1.29 is 9.59 Å². The molecule has 0 spiro atoms. The van der Waals surface area contributed by atoms with Crippen LogP contribution in [0.2, 0.25) is 10.0 Å². The first-order valence-corrected chi connectivity index (χ1v) is 13.5. The summed E-state index contributed by atoms with van der Waals surface area (Å²) >= 11 is 14.5. The quantitative estimate of drug-likeness (QED) is 0.317. The predicted molar refractivity (Wildman–Crippen MR) is 147 cm³/mol. The summed E-state index contributed by atoms with van der Waals surface area (Å²) in [5.41, 5.74) is 3.99. The van der Waals surface area contributed by atoms with E-state index in [9.17, 15) is 9.59 Å².